The van der Waals surface area contributed by atoms with E-state index in [1.54, 1.807) is 0 Å². The highest BCUT2D eigenvalue weighted by atomic mass is 32.3. The van der Waals surface area contributed by atoms with E-state index in [-0.39, 0.29) is 0 Å². The van der Waals surface area contributed by atoms with Crippen molar-refractivity contribution in [3.63, 3.8) is 0 Å². The van der Waals surface area contributed by atoms with Gasteiger partial charge < -0.3 is 69.9 Å². The number of ether oxygens (including phenoxy) is 5. The molecule has 19 nitrogen and oxygen atoms in total. The second-order valence-corrected chi connectivity index (χ2v) is 10.7. The fourth-order valence-electron chi connectivity index (χ4n) is 4.54. The first-order valence-corrected chi connectivity index (χ1v) is 13.5. The summed E-state index contributed by atoms with van der Waals surface area (Å²) in [7, 11) is -5.08. The second kappa shape index (κ2) is 13.4. The number of rotatable bonds is 9. The van der Waals surface area contributed by atoms with Crippen LogP contribution in [0, 0.1) is 0 Å². The molecule has 3 rings (SSSR count). The maximum absolute atomic E-state index is 11.9. The summed E-state index contributed by atoms with van der Waals surface area (Å²) in [6, 6.07) is -1.59. The van der Waals surface area contributed by atoms with Gasteiger partial charge in [0.2, 0.25) is 5.91 Å². The molecule has 0 aromatic carbocycles. The van der Waals surface area contributed by atoms with Crippen molar-refractivity contribution >= 4 is 16.3 Å². The van der Waals surface area contributed by atoms with Crippen molar-refractivity contribution in [1.29, 1.82) is 0 Å². The number of carbonyl (C=O) groups is 1. The van der Waals surface area contributed by atoms with E-state index in [2.05, 4.69) is 9.50 Å². The summed E-state index contributed by atoms with van der Waals surface area (Å²) in [5.74, 6) is -0.748. The molecule has 3 aliphatic heterocycles. The predicted molar refractivity (Wildman–Crippen MR) is 122 cm³/mol. The van der Waals surface area contributed by atoms with E-state index >= 15 is 0 Å². The molecule has 3 heterocycles. The number of carbonyl (C=O) groups excluding carboxylic acids is 1. The molecule has 40 heavy (non-hydrogen) atoms. The fourth-order valence-corrected chi connectivity index (χ4v) is 4.84. The summed E-state index contributed by atoms with van der Waals surface area (Å²) < 4.78 is 63.5. The highest BCUT2D eigenvalue weighted by Crippen LogP contribution is 2.33. The Hall–Kier alpha value is -1.18. The molecule has 0 aliphatic carbocycles. The van der Waals surface area contributed by atoms with E-state index in [0.29, 0.717) is 0 Å². The summed E-state index contributed by atoms with van der Waals surface area (Å²) in [5.41, 5.74) is 0. The third-order valence-electron chi connectivity index (χ3n) is 6.66. The van der Waals surface area contributed by atoms with Crippen molar-refractivity contribution in [2.24, 2.45) is 0 Å². The Labute approximate surface area is 227 Å². The van der Waals surface area contributed by atoms with Crippen LogP contribution in [0.25, 0.3) is 0 Å². The Morgan fingerprint density at radius 2 is 1.35 bits per heavy atom. The van der Waals surface area contributed by atoms with Crippen LogP contribution in [-0.4, -0.2) is 165 Å². The van der Waals surface area contributed by atoms with Crippen LogP contribution in [0.4, 0.5) is 0 Å². The molecule has 3 saturated heterocycles. The lowest BCUT2D eigenvalue weighted by molar-refractivity contribution is -0.370. The lowest BCUT2D eigenvalue weighted by Gasteiger charge is -2.49. The maximum Gasteiger partial charge on any atom is 0.397 e. The van der Waals surface area contributed by atoms with E-state index in [4.69, 9.17) is 28.2 Å². The van der Waals surface area contributed by atoms with Gasteiger partial charge in [-0.25, -0.2) is 4.18 Å². The molecule has 20 heteroatoms. The van der Waals surface area contributed by atoms with Crippen molar-refractivity contribution in [3.8, 4) is 0 Å². The van der Waals surface area contributed by atoms with Gasteiger partial charge in [0.05, 0.1) is 19.3 Å². The molecule has 3 fully saturated rings. The van der Waals surface area contributed by atoms with Gasteiger partial charge in [0, 0.05) is 6.92 Å². The SMILES string of the molecule is CC(=O)N[C@H]1C(O)O[C@H](COS(=O)(=O)O)[C@@H](O[C@@H]2O[C@@H](C)[C@@H](O)[C@@H](O)[C@@H]2O)[C@@H]1O[C@@H]1O[C@H](CO)[C@H](O)[C@H](O)[C@H]1O. The molecule has 0 aromatic heterocycles. The first-order chi connectivity index (χ1) is 18.5. The molecule has 0 aromatic rings. The van der Waals surface area contributed by atoms with Crippen LogP contribution in [0.15, 0.2) is 0 Å². The average Bonchev–Trinajstić information content (AvgIpc) is 2.87. The Kier molecular flexibility index (Phi) is 11.2. The van der Waals surface area contributed by atoms with Crippen molar-refractivity contribution in [1.82, 2.24) is 5.32 Å². The Bertz CT molecular complexity index is 954. The van der Waals surface area contributed by atoms with Gasteiger partial charge in [0.25, 0.3) is 0 Å². The third kappa shape index (κ3) is 7.60. The number of aliphatic hydroxyl groups is 8. The van der Waals surface area contributed by atoms with Crippen LogP contribution >= 0.6 is 0 Å². The van der Waals surface area contributed by atoms with E-state index in [9.17, 15) is 54.1 Å². The average molecular weight is 610 g/mol. The summed E-state index contributed by atoms with van der Waals surface area (Å²) in [6.45, 7) is 0.499. The van der Waals surface area contributed by atoms with Gasteiger partial charge in [-0.15, -0.1) is 0 Å². The van der Waals surface area contributed by atoms with E-state index in [0.717, 1.165) is 6.92 Å². The van der Waals surface area contributed by atoms with Crippen molar-refractivity contribution < 1.29 is 86.5 Å². The predicted octanol–water partition coefficient (Wildman–Crippen LogP) is -6.57. The van der Waals surface area contributed by atoms with Gasteiger partial charge in [-0.2, -0.15) is 8.42 Å². The van der Waals surface area contributed by atoms with Gasteiger partial charge in [-0.1, -0.05) is 0 Å². The topological polar surface area (TPSA) is 301 Å². The minimum Gasteiger partial charge on any atom is -0.394 e. The van der Waals surface area contributed by atoms with Crippen LogP contribution in [0.1, 0.15) is 13.8 Å². The molecule has 234 valence electrons. The zero-order valence-corrected chi connectivity index (χ0v) is 22.0. The summed E-state index contributed by atoms with van der Waals surface area (Å²) in [5, 5.41) is 83.8. The lowest BCUT2D eigenvalue weighted by Crippen LogP contribution is -2.69. The van der Waals surface area contributed by atoms with Crippen LogP contribution in [0.3, 0.4) is 0 Å². The zero-order chi connectivity index (χ0) is 30.1. The molecule has 15 atom stereocenters. The molecule has 0 bridgehead atoms. The first kappa shape index (κ1) is 33.3. The molecule has 0 saturated carbocycles. The minimum absolute atomic E-state index is 0.748. The number of amides is 1. The van der Waals surface area contributed by atoms with Gasteiger partial charge in [-0.05, 0) is 6.92 Å². The van der Waals surface area contributed by atoms with Crippen LogP contribution < -0.4 is 5.32 Å². The standard InChI is InChI=1S/C20H35NO18S/c1-5-10(24)12(26)14(28)19(35-5)38-16-8(4-34-40(31,32)33)36-18(30)9(21-6(2)23)17(16)39-20-15(29)13(27)11(25)7(3-22)37-20/h5,7-20,22,24-30H,3-4H2,1-2H3,(H,21,23)(H,31,32,33)/t5-,7+,8+,9+,10+,11-,12+,13-,14-,15+,16+,17+,18?,19-,20-/m0/s1. The molecule has 0 spiro atoms. The van der Waals surface area contributed by atoms with Gasteiger partial charge >= 0.3 is 10.4 Å². The van der Waals surface area contributed by atoms with E-state index < -0.39 is 122 Å². The number of hydrogen-bond donors (Lipinski definition) is 10. The first-order valence-electron chi connectivity index (χ1n) is 12.1. The second-order valence-electron chi connectivity index (χ2n) is 9.58. The van der Waals surface area contributed by atoms with Crippen molar-refractivity contribution in [2.75, 3.05) is 13.2 Å². The molecular formula is C20H35NO18S. The van der Waals surface area contributed by atoms with Crippen LogP contribution in [0.2, 0.25) is 0 Å². The lowest BCUT2D eigenvalue weighted by atomic mass is 9.94. The Balaban J connectivity index is 2.00. The summed E-state index contributed by atoms with van der Waals surface area (Å²) in [6.07, 6.45) is -24.2. The number of aliphatic hydroxyl groups excluding tert-OH is 8. The highest BCUT2D eigenvalue weighted by Gasteiger charge is 2.54. The number of hydrogen-bond acceptors (Lipinski definition) is 17. The normalized spacial score (nSPS) is 46.6. The minimum atomic E-state index is -5.08. The largest absolute Gasteiger partial charge is 0.397 e. The molecule has 10 N–H and O–H groups in total. The molecular weight excluding hydrogens is 574 g/mol. The van der Waals surface area contributed by atoms with Gasteiger partial charge in [0.1, 0.15) is 67.1 Å². The quantitative estimate of drug-likeness (QED) is 0.109. The zero-order valence-electron chi connectivity index (χ0n) is 21.2. The molecule has 3 aliphatic rings. The molecule has 0 radical (unpaired) electrons. The van der Waals surface area contributed by atoms with E-state index in [1.165, 1.54) is 6.92 Å². The van der Waals surface area contributed by atoms with Crippen molar-refractivity contribution in [2.45, 2.75) is 106 Å². The Morgan fingerprint density at radius 1 is 0.800 bits per heavy atom. The monoisotopic (exact) mass is 609 g/mol. The molecule has 1 unspecified atom stereocenters. The van der Waals surface area contributed by atoms with Crippen LogP contribution in [-0.2, 0) is 43.1 Å². The van der Waals surface area contributed by atoms with Gasteiger partial charge in [0.15, 0.2) is 18.9 Å². The Morgan fingerprint density at radius 3 is 1.90 bits per heavy atom. The van der Waals surface area contributed by atoms with Gasteiger partial charge in [-0.3, -0.25) is 9.35 Å². The summed E-state index contributed by atoms with van der Waals surface area (Å²) >= 11 is 0. The van der Waals surface area contributed by atoms with Crippen LogP contribution in [0.5, 0.6) is 0 Å². The van der Waals surface area contributed by atoms with Crippen molar-refractivity contribution in [3.05, 3.63) is 0 Å². The fraction of sp³-hybridized carbons (Fsp3) is 0.950. The third-order valence-corrected chi connectivity index (χ3v) is 7.09. The maximum atomic E-state index is 11.9. The summed E-state index contributed by atoms with van der Waals surface area (Å²) in [4.78, 5) is 11.9. The molecule has 1 amide bonds. The smallest absolute Gasteiger partial charge is 0.394 e. The highest BCUT2D eigenvalue weighted by molar-refractivity contribution is 7.80. The van der Waals surface area contributed by atoms with E-state index in [1.807, 2.05) is 0 Å². The number of nitrogens with one attached hydrogen (secondary N) is 1.